The van der Waals surface area contributed by atoms with E-state index in [-0.39, 0.29) is 5.75 Å². The van der Waals surface area contributed by atoms with Crippen molar-refractivity contribution >= 4 is 23.2 Å². The monoisotopic (exact) mass is 487 g/mol. The van der Waals surface area contributed by atoms with Gasteiger partial charge in [0.2, 0.25) is 0 Å². The number of benzene rings is 1. The first kappa shape index (κ1) is 24.2. The summed E-state index contributed by atoms with van der Waals surface area (Å²) in [7, 11) is 0. The Labute approximate surface area is 202 Å². The zero-order chi connectivity index (χ0) is 23.9. The third kappa shape index (κ3) is 6.55. The van der Waals surface area contributed by atoms with E-state index >= 15 is 0 Å². The van der Waals surface area contributed by atoms with E-state index in [9.17, 15) is 8.78 Å². The molecule has 180 valence electrons. The highest BCUT2D eigenvalue weighted by Crippen LogP contribution is 2.31. The first-order chi connectivity index (χ1) is 16.5. The molecule has 0 unspecified atom stereocenters. The maximum atomic E-state index is 12.5. The molecule has 2 heterocycles. The van der Waals surface area contributed by atoms with Crippen LogP contribution in [0.5, 0.6) is 5.75 Å². The van der Waals surface area contributed by atoms with Crippen molar-refractivity contribution < 1.29 is 13.5 Å². The molecule has 1 aliphatic rings. The maximum Gasteiger partial charge on any atom is 0.387 e. The molecule has 1 aliphatic carbocycles. The molecule has 2 aromatic heterocycles. The molecule has 0 aliphatic heterocycles. The molecular weight excluding hydrogens is 460 g/mol. The molecule has 1 saturated carbocycles. The first-order valence-electron chi connectivity index (χ1n) is 11.4. The highest BCUT2D eigenvalue weighted by molar-refractivity contribution is 6.33. The van der Waals surface area contributed by atoms with Crippen molar-refractivity contribution in [1.82, 2.24) is 9.97 Å². The lowest BCUT2D eigenvalue weighted by atomic mass is 9.86. The summed E-state index contributed by atoms with van der Waals surface area (Å²) < 4.78 is 29.4. The van der Waals surface area contributed by atoms with Crippen molar-refractivity contribution in [2.45, 2.75) is 44.9 Å². The summed E-state index contributed by atoms with van der Waals surface area (Å²) >= 11 is 6.46. The number of ether oxygens (including phenoxy) is 1. The normalized spacial score (nSPS) is 18.0. The van der Waals surface area contributed by atoms with Gasteiger partial charge in [0.15, 0.2) is 0 Å². The molecule has 0 radical (unpaired) electrons. The van der Waals surface area contributed by atoms with Crippen LogP contribution in [0.2, 0.25) is 5.02 Å². The summed E-state index contributed by atoms with van der Waals surface area (Å²) in [6.07, 6.45) is 6.04. The summed E-state index contributed by atoms with van der Waals surface area (Å²) in [6.45, 7) is -1.70. The lowest BCUT2D eigenvalue weighted by molar-refractivity contribution is -0.0498. The number of anilines is 2. The van der Waals surface area contributed by atoms with Crippen LogP contribution in [0, 0.1) is 5.92 Å². The Balaban J connectivity index is 1.43. The number of nitrogens with one attached hydrogen (secondary N) is 2. The highest BCUT2D eigenvalue weighted by atomic mass is 35.5. The molecule has 34 heavy (non-hydrogen) atoms. The molecule has 1 aromatic carbocycles. The number of pyridine rings is 2. The molecule has 3 aromatic rings. The molecule has 1 fully saturated rings. The van der Waals surface area contributed by atoms with Gasteiger partial charge in [-0.05, 0) is 74.0 Å². The molecule has 0 atom stereocenters. The van der Waals surface area contributed by atoms with Crippen LogP contribution in [0.1, 0.15) is 31.2 Å². The van der Waals surface area contributed by atoms with Crippen molar-refractivity contribution in [2.75, 3.05) is 17.2 Å². The molecule has 4 N–H and O–H groups in total. The maximum absolute atomic E-state index is 12.5. The fourth-order valence-electron chi connectivity index (χ4n) is 4.17. The number of rotatable bonds is 9. The van der Waals surface area contributed by atoms with Crippen LogP contribution in [0.4, 0.5) is 20.4 Å². The number of aromatic nitrogens is 2. The lowest BCUT2D eigenvalue weighted by Crippen LogP contribution is -2.29. The van der Waals surface area contributed by atoms with Crippen LogP contribution < -0.4 is 21.1 Å². The third-order valence-electron chi connectivity index (χ3n) is 6.01. The number of alkyl halides is 2. The Morgan fingerprint density at radius 3 is 2.62 bits per heavy atom. The fraction of sp³-hybridized carbons (Fsp3) is 0.360. The van der Waals surface area contributed by atoms with E-state index in [0.717, 1.165) is 49.2 Å². The predicted octanol–water partition coefficient (Wildman–Crippen LogP) is 5.94. The van der Waals surface area contributed by atoms with Crippen molar-refractivity contribution in [3.8, 4) is 17.0 Å². The smallest absolute Gasteiger partial charge is 0.387 e. The minimum atomic E-state index is -2.85. The van der Waals surface area contributed by atoms with Gasteiger partial charge in [-0.3, -0.25) is 0 Å². The van der Waals surface area contributed by atoms with E-state index in [1.165, 1.54) is 6.07 Å². The molecule has 0 bridgehead atoms. The minimum absolute atomic E-state index is 0.121. The van der Waals surface area contributed by atoms with E-state index in [1.54, 1.807) is 18.3 Å². The summed E-state index contributed by atoms with van der Waals surface area (Å²) in [5.74, 6) is 2.15. The second-order valence-electron chi connectivity index (χ2n) is 8.43. The molecule has 6 nitrogen and oxygen atoms in total. The van der Waals surface area contributed by atoms with Crippen LogP contribution in [-0.4, -0.2) is 29.2 Å². The number of hydrogen-bond donors (Lipinski definition) is 3. The minimum Gasteiger partial charge on any atom is -0.435 e. The van der Waals surface area contributed by atoms with E-state index < -0.39 is 6.61 Å². The van der Waals surface area contributed by atoms with E-state index in [0.29, 0.717) is 35.0 Å². The second-order valence-corrected chi connectivity index (χ2v) is 8.84. The predicted molar refractivity (Wildman–Crippen MR) is 131 cm³/mol. The third-order valence-corrected chi connectivity index (χ3v) is 6.31. The van der Waals surface area contributed by atoms with Crippen LogP contribution in [0.3, 0.4) is 0 Å². The lowest BCUT2D eigenvalue weighted by Gasteiger charge is -2.28. The van der Waals surface area contributed by atoms with Crippen LogP contribution in [0.25, 0.3) is 11.3 Å². The molecule has 9 heteroatoms. The van der Waals surface area contributed by atoms with Gasteiger partial charge < -0.3 is 21.1 Å². The van der Waals surface area contributed by atoms with Crippen molar-refractivity contribution in [2.24, 2.45) is 11.7 Å². The van der Waals surface area contributed by atoms with Crippen molar-refractivity contribution in [3.63, 3.8) is 0 Å². The Kier molecular flexibility index (Phi) is 8.13. The van der Waals surface area contributed by atoms with Gasteiger partial charge >= 0.3 is 6.61 Å². The van der Waals surface area contributed by atoms with Gasteiger partial charge in [0.25, 0.3) is 0 Å². The van der Waals surface area contributed by atoms with Gasteiger partial charge in [0.05, 0.1) is 10.7 Å². The van der Waals surface area contributed by atoms with Gasteiger partial charge in [-0.2, -0.15) is 8.78 Å². The quantitative estimate of drug-likeness (QED) is 0.346. The summed E-state index contributed by atoms with van der Waals surface area (Å²) in [5.41, 5.74) is 8.09. The van der Waals surface area contributed by atoms with Crippen LogP contribution >= 0.6 is 11.6 Å². The van der Waals surface area contributed by atoms with Crippen molar-refractivity contribution in [1.29, 1.82) is 0 Å². The Bertz CT molecular complexity index is 1090. The Morgan fingerprint density at radius 1 is 1.06 bits per heavy atom. The molecular formula is C25H28ClF2N5O. The number of hydrogen-bond acceptors (Lipinski definition) is 6. The number of nitrogens with zero attached hydrogens (tertiary/aromatic N) is 2. The number of halogens is 3. The van der Waals surface area contributed by atoms with E-state index in [4.69, 9.17) is 17.3 Å². The highest BCUT2D eigenvalue weighted by Gasteiger charge is 2.20. The standard InChI is InChI=1S/C25H28ClF2N5O/c26-21-15-31-24(32-18-9-7-16(13-29)8-10-18)12-20(21)22-5-2-6-23(33-22)30-14-17-3-1-4-19(11-17)34-25(27)28/h1-6,11-12,15-16,18,25H,7-10,13-14,29H2,(H,30,33)(H,31,32). The fourth-order valence-corrected chi connectivity index (χ4v) is 4.37. The summed E-state index contributed by atoms with van der Waals surface area (Å²) in [4.78, 5) is 9.13. The van der Waals surface area contributed by atoms with Crippen LogP contribution in [-0.2, 0) is 6.54 Å². The van der Waals surface area contributed by atoms with E-state index in [2.05, 4.69) is 25.3 Å². The molecule has 0 spiro atoms. The van der Waals surface area contributed by atoms with Gasteiger partial charge in [0.1, 0.15) is 17.4 Å². The Hall–Kier alpha value is -2.97. The Morgan fingerprint density at radius 2 is 1.85 bits per heavy atom. The number of nitrogens with two attached hydrogens (primary N) is 1. The van der Waals surface area contributed by atoms with Gasteiger partial charge in [-0.15, -0.1) is 0 Å². The zero-order valence-electron chi connectivity index (χ0n) is 18.7. The SMILES string of the molecule is NCC1CCC(Nc2cc(-c3cccc(NCc4cccc(OC(F)F)c4)n3)c(Cl)cn2)CC1. The second kappa shape index (κ2) is 11.4. The van der Waals surface area contributed by atoms with Gasteiger partial charge in [-0.1, -0.05) is 29.8 Å². The first-order valence-corrected chi connectivity index (χ1v) is 11.7. The summed E-state index contributed by atoms with van der Waals surface area (Å²) in [5, 5.41) is 7.26. The van der Waals surface area contributed by atoms with Gasteiger partial charge in [0, 0.05) is 24.3 Å². The van der Waals surface area contributed by atoms with Crippen molar-refractivity contribution in [3.05, 3.63) is 65.3 Å². The van der Waals surface area contributed by atoms with E-state index in [1.807, 2.05) is 30.3 Å². The topological polar surface area (TPSA) is 85.1 Å². The average molecular weight is 488 g/mol. The average Bonchev–Trinajstić information content (AvgIpc) is 2.84. The zero-order valence-corrected chi connectivity index (χ0v) is 19.4. The molecule has 4 rings (SSSR count). The summed E-state index contributed by atoms with van der Waals surface area (Å²) in [6, 6.07) is 14.5. The molecule has 0 amide bonds. The van der Waals surface area contributed by atoms with Gasteiger partial charge in [-0.25, -0.2) is 9.97 Å². The largest absolute Gasteiger partial charge is 0.435 e. The molecule has 0 saturated heterocycles. The van der Waals surface area contributed by atoms with Crippen LogP contribution in [0.15, 0.2) is 54.7 Å².